The van der Waals surface area contributed by atoms with E-state index in [0.29, 0.717) is 25.2 Å². The van der Waals surface area contributed by atoms with Gasteiger partial charge in [0, 0.05) is 42.1 Å². The molecule has 3 aromatic rings. The standard InChI is InChI=1S/C23H27N3O2/c1-23(2,3)22(28)25-14-13-24-21(27)19-16-26(15-17-9-5-4-6-10-17)20-12-8-7-11-18(19)20/h4-12,16H,13-15H2,1-3H3,(H,24,27)(H,25,28). The minimum Gasteiger partial charge on any atom is -0.354 e. The van der Waals surface area contributed by atoms with Crippen LogP contribution in [0.2, 0.25) is 0 Å². The van der Waals surface area contributed by atoms with Crippen LogP contribution >= 0.6 is 0 Å². The maximum absolute atomic E-state index is 12.7. The van der Waals surface area contributed by atoms with Crippen LogP contribution in [0.3, 0.4) is 0 Å². The summed E-state index contributed by atoms with van der Waals surface area (Å²) in [6, 6.07) is 18.1. The largest absolute Gasteiger partial charge is 0.354 e. The fraction of sp³-hybridized carbons (Fsp3) is 0.304. The Hall–Kier alpha value is -3.08. The maximum atomic E-state index is 12.7. The number of nitrogens with zero attached hydrogens (tertiary/aromatic N) is 1. The first-order valence-corrected chi connectivity index (χ1v) is 9.54. The van der Waals surface area contributed by atoms with Crippen LogP contribution in [0.25, 0.3) is 10.9 Å². The summed E-state index contributed by atoms with van der Waals surface area (Å²) in [7, 11) is 0. The zero-order valence-corrected chi connectivity index (χ0v) is 16.7. The molecule has 5 nitrogen and oxygen atoms in total. The molecule has 0 aliphatic rings. The van der Waals surface area contributed by atoms with Gasteiger partial charge in [0.05, 0.1) is 5.56 Å². The molecule has 0 saturated carbocycles. The number of hydrogen-bond donors (Lipinski definition) is 2. The van der Waals surface area contributed by atoms with Gasteiger partial charge in [-0.15, -0.1) is 0 Å². The number of fused-ring (bicyclic) bond motifs is 1. The highest BCUT2D eigenvalue weighted by atomic mass is 16.2. The summed E-state index contributed by atoms with van der Waals surface area (Å²) in [5.74, 6) is -0.158. The van der Waals surface area contributed by atoms with Crippen molar-refractivity contribution in [3.63, 3.8) is 0 Å². The van der Waals surface area contributed by atoms with E-state index in [1.165, 1.54) is 5.56 Å². The third-order valence-electron chi connectivity index (χ3n) is 4.61. The average Bonchev–Trinajstić information content (AvgIpc) is 3.04. The summed E-state index contributed by atoms with van der Waals surface area (Å²) in [6.45, 7) is 7.09. The van der Waals surface area contributed by atoms with Crippen molar-refractivity contribution in [2.24, 2.45) is 5.41 Å². The summed E-state index contributed by atoms with van der Waals surface area (Å²) in [4.78, 5) is 24.6. The first-order chi connectivity index (χ1) is 13.4. The van der Waals surface area contributed by atoms with Gasteiger partial charge in [-0.25, -0.2) is 0 Å². The van der Waals surface area contributed by atoms with Gasteiger partial charge in [0.1, 0.15) is 0 Å². The Balaban J connectivity index is 1.70. The average molecular weight is 377 g/mol. The smallest absolute Gasteiger partial charge is 0.253 e. The second kappa shape index (κ2) is 8.30. The molecular weight excluding hydrogens is 350 g/mol. The molecule has 5 heteroatoms. The normalized spacial score (nSPS) is 11.4. The molecule has 146 valence electrons. The summed E-state index contributed by atoms with van der Waals surface area (Å²) < 4.78 is 2.10. The number of carbonyl (C=O) groups is 2. The van der Waals surface area contributed by atoms with Gasteiger partial charge in [-0.1, -0.05) is 69.3 Å². The van der Waals surface area contributed by atoms with Gasteiger partial charge >= 0.3 is 0 Å². The minimum atomic E-state index is -0.436. The van der Waals surface area contributed by atoms with Crippen LogP contribution in [0.4, 0.5) is 0 Å². The van der Waals surface area contributed by atoms with Crippen molar-refractivity contribution in [2.75, 3.05) is 13.1 Å². The van der Waals surface area contributed by atoms with Crippen LogP contribution in [-0.4, -0.2) is 29.5 Å². The van der Waals surface area contributed by atoms with Crippen molar-refractivity contribution in [1.29, 1.82) is 0 Å². The number of amides is 2. The summed E-state index contributed by atoms with van der Waals surface area (Å²) in [6.07, 6.45) is 1.90. The van der Waals surface area contributed by atoms with E-state index in [1.807, 2.05) is 69.4 Å². The quantitative estimate of drug-likeness (QED) is 0.645. The molecule has 2 aromatic carbocycles. The third-order valence-corrected chi connectivity index (χ3v) is 4.61. The summed E-state index contributed by atoms with van der Waals surface area (Å²) in [5.41, 5.74) is 2.42. The molecule has 0 atom stereocenters. The Morgan fingerprint density at radius 1 is 0.893 bits per heavy atom. The molecule has 0 unspecified atom stereocenters. The highest BCUT2D eigenvalue weighted by Gasteiger charge is 2.20. The predicted molar refractivity (Wildman–Crippen MR) is 112 cm³/mol. The van der Waals surface area contributed by atoms with Crippen LogP contribution in [0.5, 0.6) is 0 Å². The predicted octanol–water partition coefficient (Wildman–Crippen LogP) is 3.58. The number of nitrogens with one attached hydrogen (secondary N) is 2. The number of aromatic nitrogens is 1. The Morgan fingerprint density at radius 3 is 2.25 bits per heavy atom. The van der Waals surface area contributed by atoms with Gasteiger partial charge < -0.3 is 15.2 Å². The fourth-order valence-electron chi connectivity index (χ4n) is 3.05. The van der Waals surface area contributed by atoms with Crippen LogP contribution in [0, 0.1) is 5.41 Å². The summed E-state index contributed by atoms with van der Waals surface area (Å²) in [5, 5.41) is 6.68. The SMILES string of the molecule is CC(C)(C)C(=O)NCCNC(=O)c1cn(Cc2ccccc2)c2ccccc12. The molecule has 0 spiro atoms. The zero-order chi connectivity index (χ0) is 20.1. The lowest BCUT2D eigenvalue weighted by molar-refractivity contribution is -0.128. The van der Waals surface area contributed by atoms with Crippen molar-refractivity contribution in [1.82, 2.24) is 15.2 Å². The molecule has 28 heavy (non-hydrogen) atoms. The second-order valence-corrected chi connectivity index (χ2v) is 7.94. The highest BCUT2D eigenvalue weighted by Crippen LogP contribution is 2.22. The molecular formula is C23H27N3O2. The number of para-hydroxylation sites is 1. The molecule has 0 saturated heterocycles. The van der Waals surface area contributed by atoms with Gasteiger partial charge in [0.15, 0.2) is 0 Å². The van der Waals surface area contributed by atoms with Crippen molar-refractivity contribution < 1.29 is 9.59 Å². The minimum absolute atomic E-state index is 0.0267. The molecule has 0 radical (unpaired) electrons. The van der Waals surface area contributed by atoms with E-state index >= 15 is 0 Å². The Bertz CT molecular complexity index is 968. The van der Waals surface area contributed by atoms with Crippen molar-refractivity contribution >= 4 is 22.7 Å². The molecule has 0 fully saturated rings. The number of carbonyl (C=O) groups excluding carboxylic acids is 2. The zero-order valence-electron chi connectivity index (χ0n) is 16.7. The van der Waals surface area contributed by atoms with Gasteiger partial charge in [-0.05, 0) is 11.6 Å². The van der Waals surface area contributed by atoms with Gasteiger partial charge in [0.25, 0.3) is 5.91 Å². The van der Waals surface area contributed by atoms with Gasteiger partial charge in [-0.3, -0.25) is 9.59 Å². The highest BCUT2D eigenvalue weighted by molar-refractivity contribution is 6.07. The topological polar surface area (TPSA) is 63.1 Å². The number of rotatable bonds is 6. The lowest BCUT2D eigenvalue weighted by Crippen LogP contribution is -2.39. The van der Waals surface area contributed by atoms with E-state index in [-0.39, 0.29) is 11.8 Å². The monoisotopic (exact) mass is 377 g/mol. The van der Waals surface area contributed by atoms with Crippen LogP contribution in [0.15, 0.2) is 60.8 Å². The lowest BCUT2D eigenvalue weighted by atomic mass is 9.96. The molecule has 0 aliphatic carbocycles. The van der Waals surface area contributed by atoms with E-state index < -0.39 is 5.41 Å². The first kappa shape index (κ1) is 19.7. The molecule has 3 rings (SSSR count). The van der Waals surface area contributed by atoms with Gasteiger partial charge in [-0.2, -0.15) is 0 Å². The summed E-state index contributed by atoms with van der Waals surface area (Å²) >= 11 is 0. The third kappa shape index (κ3) is 4.60. The second-order valence-electron chi connectivity index (χ2n) is 7.94. The van der Waals surface area contributed by atoms with Crippen LogP contribution in [-0.2, 0) is 11.3 Å². The van der Waals surface area contributed by atoms with Crippen LogP contribution in [0.1, 0.15) is 36.7 Å². The molecule has 0 bridgehead atoms. The molecule has 1 heterocycles. The lowest BCUT2D eigenvalue weighted by Gasteiger charge is -2.17. The molecule has 0 aliphatic heterocycles. The molecule has 1 aromatic heterocycles. The maximum Gasteiger partial charge on any atom is 0.253 e. The van der Waals surface area contributed by atoms with Crippen molar-refractivity contribution in [3.8, 4) is 0 Å². The molecule has 2 N–H and O–H groups in total. The molecule has 2 amide bonds. The number of hydrogen-bond acceptors (Lipinski definition) is 2. The van der Waals surface area contributed by atoms with E-state index in [4.69, 9.17) is 0 Å². The first-order valence-electron chi connectivity index (χ1n) is 9.54. The van der Waals surface area contributed by atoms with Crippen molar-refractivity contribution in [2.45, 2.75) is 27.3 Å². The van der Waals surface area contributed by atoms with Crippen molar-refractivity contribution in [3.05, 3.63) is 71.9 Å². The fourth-order valence-corrected chi connectivity index (χ4v) is 3.05. The van der Waals surface area contributed by atoms with E-state index in [1.54, 1.807) is 0 Å². The van der Waals surface area contributed by atoms with Gasteiger partial charge in [0.2, 0.25) is 5.91 Å². The Kier molecular flexibility index (Phi) is 5.83. The van der Waals surface area contributed by atoms with E-state index in [2.05, 4.69) is 27.3 Å². The number of benzene rings is 2. The Labute approximate surface area is 165 Å². The van der Waals surface area contributed by atoms with E-state index in [9.17, 15) is 9.59 Å². The Morgan fingerprint density at radius 2 is 1.54 bits per heavy atom. The van der Waals surface area contributed by atoms with E-state index in [0.717, 1.165) is 10.9 Å². The van der Waals surface area contributed by atoms with Crippen LogP contribution < -0.4 is 10.6 Å².